The van der Waals surface area contributed by atoms with E-state index in [2.05, 4.69) is 0 Å². The number of rotatable bonds is 1. The summed E-state index contributed by atoms with van der Waals surface area (Å²) in [5, 5.41) is 9.50. The van der Waals surface area contributed by atoms with E-state index in [4.69, 9.17) is 0 Å². The van der Waals surface area contributed by atoms with Crippen molar-refractivity contribution in [2.24, 2.45) is 11.3 Å². The molecule has 0 aromatic carbocycles. The molecule has 0 amide bonds. The summed E-state index contributed by atoms with van der Waals surface area (Å²) in [7, 11) is 0. The Morgan fingerprint density at radius 1 is 1.67 bits per heavy atom. The van der Waals surface area contributed by atoms with Gasteiger partial charge < -0.3 is 5.11 Å². The molecule has 1 N–H and O–H groups in total. The van der Waals surface area contributed by atoms with Crippen molar-refractivity contribution in [2.45, 2.75) is 46.1 Å². The quantitative estimate of drug-likeness (QED) is 0.651. The summed E-state index contributed by atoms with van der Waals surface area (Å²) >= 11 is 0. The summed E-state index contributed by atoms with van der Waals surface area (Å²) < 4.78 is 0. The fraction of sp³-hybridized carbons (Fsp3) is 0.900. The lowest BCUT2D eigenvalue weighted by Gasteiger charge is -2.37. The topological polar surface area (TPSA) is 37.3 Å². The SMILES string of the molecule is C[C@@H]1CCC[C@@](C)([C@@H](C)O)C1=O. The maximum atomic E-state index is 11.7. The summed E-state index contributed by atoms with van der Waals surface area (Å²) in [4.78, 5) is 11.7. The molecule has 12 heavy (non-hydrogen) atoms. The maximum absolute atomic E-state index is 11.7. The van der Waals surface area contributed by atoms with E-state index in [-0.39, 0.29) is 11.7 Å². The lowest BCUT2D eigenvalue weighted by Crippen LogP contribution is -2.44. The monoisotopic (exact) mass is 170 g/mol. The Labute approximate surface area is 74.0 Å². The molecule has 0 heterocycles. The van der Waals surface area contributed by atoms with Crippen LogP contribution in [0.5, 0.6) is 0 Å². The van der Waals surface area contributed by atoms with Crippen LogP contribution in [0.3, 0.4) is 0 Å². The predicted molar refractivity (Wildman–Crippen MR) is 47.8 cm³/mol. The summed E-state index contributed by atoms with van der Waals surface area (Å²) in [5.74, 6) is 0.377. The van der Waals surface area contributed by atoms with Gasteiger partial charge in [0.25, 0.3) is 0 Å². The van der Waals surface area contributed by atoms with Gasteiger partial charge in [-0.15, -0.1) is 0 Å². The van der Waals surface area contributed by atoms with Gasteiger partial charge in [-0.2, -0.15) is 0 Å². The lowest BCUT2D eigenvalue weighted by molar-refractivity contribution is -0.141. The van der Waals surface area contributed by atoms with Crippen LogP contribution in [0.4, 0.5) is 0 Å². The van der Waals surface area contributed by atoms with Crippen LogP contribution in [-0.4, -0.2) is 17.0 Å². The lowest BCUT2D eigenvalue weighted by atomic mass is 9.67. The molecule has 2 nitrogen and oxygen atoms in total. The first-order chi connectivity index (χ1) is 5.48. The first-order valence-electron chi connectivity index (χ1n) is 4.71. The van der Waals surface area contributed by atoms with Gasteiger partial charge in [0.05, 0.1) is 11.5 Å². The highest BCUT2D eigenvalue weighted by atomic mass is 16.3. The largest absolute Gasteiger partial charge is 0.392 e. The van der Waals surface area contributed by atoms with E-state index < -0.39 is 11.5 Å². The van der Waals surface area contributed by atoms with Crippen molar-refractivity contribution in [3.8, 4) is 0 Å². The molecule has 2 heteroatoms. The molecule has 0 aromatic rings. The molecule has 1 rings (SSSR count). The highest BCUT2D eigenvalue weighted by Gasteiger charge is 2.42. The molecular formula is C10H18O2. The average Bonchev–Trinajstić information content (AvgIpc) is 2.00. The molecule has 1 aliphatic rings. The average molecular weight is 170 g/mol. The number of hydrogen-bond donors (Lipinski definition) is 1. The van der Waals surface area contributed by atoms with Crippen molar-refractivity contribution >= 4 is 5.78 Å². The first-order valence-corrected chi connectivity index (χ1v) is 4.71. The Kier molecular flexibility index (Phi) is 2.57. The summed E-state index contributed by atoms with van der Waals surface area (Å²) in [5.41, 5.74) is -0.475. The zero-order valence-corrected chi connectivity index (χ0v) is 8.13. The molecule has 0 aliphatic heterocycles. The number of carbonyl (C=O) groups is 1. The third-order valence-corrected chi connectivity index (χ3v) is 3.27. The van der Waals surface area contributed by atoms with Crippen molar-refractivity contribution in [3.63, 3.8) is 0 Å². The van der Waals surface area contributed by atoms with Gasteiger partial charge in [-0.25, -0.2) is 0 Å². The van der Waals surface area contributed by atoms with Crippen LogP contribution in [0, 0.1) is 11.3 Å². The zero-order valence-electron chi connectivity index (χ0n) is 8.13. The van der Waals surface area contributed by atoms with Crippen LogP contribution in [-0.2, 0) is 4.79 Å². The minimum Gasteiger partial charge on any atom is -0.392 e. The summed E-state index contributed by atoms with van der Waals surface area (Å²) in [6.45, 7) is 5.56. The van der Waals surface area contributed by atoms with Gasteiger partial charge in [0.2, 0.25) is 0 Å². The Hall–Kier alpha value is -0.370. The van der Waals surface area contributed by atoms with Crippen LogP contribution < -0.4 is 0 Å². The van der Waals surface area contributed by atoms with E-state index in [1.165, 1.54) is 0 Å². The van der Waals surface area contributed by atoms with Gasteiger partial charge in [-0.3, -0.25) is 4.79 Å². The molecule has 0 aromatic heterocycles. The van der Waals surface area contributed by atoms with Gasteiger partial charge in [0, 0.05) is 5.92 Å². The second-order valence-electron chi connectivity index (χ2n) is 4.25. The highest BCUT2D eigenvalue weighted by Crippen LogP contribution is 2.38. The van der Waals surface area contributed by atoms with Gasteiger partial charge in [0.15, 0.2) is 0 Å². The third kappa shape index (κ3) is 1.40. The second kappa shape index (κ2) is 3.17. The standard InChI is InChI=1S/C10H18O2/c1-7-5-4-6-10(3,8(2)11)9(7)12/h7-8,11H,4-6H2,1-3H3/t7-,8-,10+/m1/s1. The van der Waals surface area contributed by atoms with Crippen LogP contribution >= 0.6 is 0 Å². The number of hydrogen-bond acceptors (Lipinski definition) is 2. The second-order valence-corrected chi connectivity index (χ2v) is 4.25. The molecule has 70 valence electrons. The Morgan fingerprint density at radius 3 is 2.67 bits per heavy atom. The minimum atomic E-state index is -0.507. The smallest absolute Gasteiger partial charge is 0.144 e. The molecule has 1 aliphatic carbocycles. The van der Waals surface area contributed by atoms with Gasteiger partial charge in [-0.05, 0) is 19.8 Å². The zero-order chi connectivity index (χ0) is 9.35. The highest BCUT2D eigenvalue weighted by molar-refractivity contribution is 5.87. The molecule has 1 fully saturated rings. The van der Waals surface area contributed by atoms with E-state index >= 15 is 0 Å². The van der Waals surface area contributed by atoms with Gasteiger partial charge in [-0.1, -0.05) is 20.3 Å². The maximum Gasteiger partial charge on any atom is 0.144 e. The van der Waals surface area contributed by atoms with E-state index in [0.29, 0.717) is 0 Å². The molecule has 1 saturated carbocycles. The van der Waals surface area contributed by atoms with Crippen LogP contribution in [0.15, 0.2) is 0 Å². The van der Waals surface area contributed by atoms with Crippen molar-refractivity contribution in [1.29, 1.82) is 0 Å². The Morgan fingerprint density at radius 2 is 2.25 bits per heavy atom. The van der Waals surface area contributed by atoms with Crippen LogP contribution in [0.1, 0.15) is 40.0 Å². The van der Waals surface area contributed by atoms with E-state index in [9.17, 15) is 9.90 Å². The summed E-state index contributed by atoms with van der Waals surface area (Å²) in [6.07, 6.45) is 2.39. The van der Waals surface area contributed by atoms with Gasteiger partial charge >= 0.3 is 0 Å². The third-order valence-electron chi connectivity index (χ3n) is 3.27. The van der Waals surface area contributed by atoms with Crippen molar-refractivity contribution in [3.05, 3.63) is 0 Å². The minimum absolute atomic E-state index is 0.137. The first kappa shape index (κ1) is 9.72. The molecular weight excluding hydrogens is 152 g/mol. The van der Waals surface area contributed by atoms with E-state index in [1.807, 2.05) is 13.8 Å². The van der Waals surface area contributed by atoms with Crippen LogP contribution in [0.2, 0.25) is 0 Å². The molecule has 0 spiro atoms. The Balaban J connectivity index is 2.81. The number of aliphatic hydroxyl groups is 1. The number of Topliss-reactive ketones (excluding diaryl/α,β-unsaturated/α-hetero) is 1. The molecule has 0 bridgehead atoms. The molecule has 0 unspecified atom stereocenters. The number of aliphatic hydroxyl groups excluding tert-OH is 1. The van der Waals surface area contributed by atoms with Gasteiger partial charge in [0.1, 0.15) is 5.78 Å². The van der Waals surface area contributed by atoms with Crippen molar-refractivity contribution in [2.75, 3.05) is 0 Å². The summed E-state index contributed by atoms with van der Waals surface area (Å²) in [6, 6.07) is 0. The van der Waals surface area contributed by atoms with E-state index in [1.54, 1.807) is 6.92 Å². The molecule has 3 atom stereocenters. The molecule has 0 radical (unpaired) electrons. The number of ketones is 1. The van der Waals surface area contributed by atoms with E-state index in [0.717, 1.165) is 19.3 Å². The Bertz CT molecular complexity index is 186. The molecule has 0 saturated heterocycles. The fourth-order valence-corrected chi connectivity index (χ4v) is 2.01. The normalized spacial score (nSPS) is 39.7. The number of carbonyl (C=O) groups excluding carboxylic acids is 1. The van der Waals surface area contributed by atoms with Crippen molar-refractivity contribution in [1.82, 2.24) is 0 Å². The predicted octanol–water partition coefficient (Wildman–Crippen LogP) is 1.76. The fourth-order valence-electron chi connectivity index (χ4n) is 2.01. The van der Waals surface area contributed by atoms with Crippen LogP contribution in [0.25, 0.3) is 0 Å². The van der Waals surface area contributed by atoms with Crippen molar-refractivity contribution < 1.29 is 9.90 Å².